The van der Waals surface area contributed by atoms with Crippen molar-refractivity contribution in [2.75, 3.05) is 26.2 Å². The zero-order chi connectivity index (χ0) is 18.9. The Labute approximate surface area is 164 Å². The smallest absolute Gasteiger partial charge is 0.411 e. The van der Waals surface area contributed by atoms with Crippen molar-refractivity contribution in [3.05, 3.63) is 63.7 Å². The lowest BCUT2D eigenvalue weighted by Gasteiger charge is -2.16. The van der Waals surface area contributed by atoms with Crippen LogP contribution >= 0.6 is 0 Å². The molecule has 0 aromatic heterocycles. The number of likely N-dealkylation sites (tertiary alicyclic amines) is 1. The van der Waals surface area contributed by atoms with Crippen LogP contribution in [0.2, 0.25) is 0 Å². The Bertz CT molecular complexity index is 1120. The topological polar surface area (TPSA) is 41.6 Å². The third-order valence-electron chi connectivity index (χ3n) is 5.87. The van der Waals surface area contributed by atoms with Crippen molar-refractivity contribution in [1.82, 2.24) is 10.2 Å². The van der Waals surface area contributed by atoms with Gasteiger partial charge in [-0.15, -0.1) is 0 Å². The van der Waals surface area contributed by atoms with Gasteiger partial charge in [0.25, 0.3) is 0 Å². The lowest BCUT2D eigenvalue weighted by Crippen LogP contribution is -2.33. The van der Waals surface area contributed by atoms with Crippen LogP contribution in [0.25, 0.3) is 29.0 Å². The van der Waals surface area contributed by atoms with Crippen molar-refractivity contribution in [1.29, 1.82) is 0 Å². The summed E-state index contributed by atoms with van der Waals surface area (Å²) in [6.07, 6.45) is 13.3. The third-order valence-corrected chi connectivity index (χ3v) is 5.87. The van der Waals surface area contributed by atoms with Gasteiger partial charge in [-0.25, -0.2) is 4.79 Å². The van der Waals surface area contributed by atoms with Crippen LogP contribution in [0.3, 0.4) is 0 Å². The van der Waals surface area contributed by atoms with E-state index in [-0.39, 0.29) is 6.09 Å². The first-order valence-electron chi connectivity index (χ1n) is 10.1. The Morgan fingerprint density at radius 1 is 1.07 bits per heavy atom. The van der Waals surface area contributed by atoms with Gasteiger partial charge in [0.2, 0.25) is 0 Å². The average Bonchev–Trinajstić information content (AvgIpc) is 3.39. The second kappa shape index (κ2) is 7.28. The summed E-state index contributed by atoms with van der Waals surface area (Å²) in [5.41, 5.74) is 2.59. The highest BCUT2D eigenvalue weighted by molar-refractivity contribution is 5.96. The zero-order valence-corrected chi connectivity index (χ0v) is 15.9. The fourth-order valence-electron chi connectivity index (χ4n) is 4.42. The van der Waals surface area contributed by atoms with Gasteiger partial charge in [0, 0.05) is 13.1 Å². The highest BCUT2D eigenvalue weighted by Crippen LogP contribution is 2.23. The molecule has 0 atom stereocenters. The van der Waals surface area contributed by atoms with E-state index in [9.17, 15) is 4.79 Å². The van der Waals surface area contributed by atoms with Crippen molar-refractivity contribution in [2.24, 2.45) is 0 Å². The van der Waals surface area contributed by atoms with Crippen molar-refractivity contribution in [2.45, 2.75) is 19.3 Å². The summed E-state index contributed by atoms with van der Waals surface area (Å²) in [5.74, 6) is 0.625. The van der Waals surface area contributed by atoms with Crippen LogP contribution in [0.4, 0.5) is 4.79 Å². The SMILES string of the molecule is O=C(NCCN1CCCC1)OC1=CCc2c(ccc3c4c(ccc23)=CC=C4)=C1. The summed E-state index contributed by atoms with van der Waals surface area (Å²) in [5, 5.41) is 7.83. The number of fused-ring (bicyclic) bond motifs is 5. The van der Waals surface area contributed by atoms with Gasteiger partial charge in [0.05, 0.1) is 0 Å². The molecule has 0 bridgehead atoms. The van der Waals surface area contributed by atoms with Gasteiger partial charge in [-0.2, -0.15) is 0 Å². The number of amides is 1. The Morgan fingerprint density at radius 3 is 2.79 bits per heavy atom. The summed E-state index contributed by atoms with van der Waals surface area (Å²) < 4.78 is 5.52. The molecule has 0 unspecified atom stereocenters. The summed E-state index contributed by atoms with van der Waals surface area (Å²) >= 11 is 0. The molecule has 5 rings (SSSR count). The van der Waals surface area contributed by atoms with Crippen molar-refractivity contribution < 1.29 is 9.53 Å². The van der Waals surface area contributed by atoms with E-state index < -0.39 is 0 Å². The lowest BCUT2D eigenvalue weighted by atomic mass is 9.94. The molecule has 28 heavy (non-hydrogen) atoms. The van der Waals surface area contributed by atoms with Crippen molar-refractivity contribution >= 4 is 35.1 Å². The van der Waals surface area contributed by atoms with E-state index in [0.29, 0.717) is 12.3 Å². The lowest BCUT2D eigenvalue weighted by molar-refractivity contribution is 0.178. The molecule has 1 amide bonds. The summed E-state index contributed by atoms with van der Waals surface area (Å²) in [4.78, 5) is 14.5. The van der Waals surface area contributed by atoms with E-state index in [0.717, 1.165) is 31.3 Å². The van der Waals surface area contributed by atoms with Crippen molar-refractivity contribution in [3.63, 3.8) is 0 Å². The minimum Gasteiger partial charge on any atom is -0.411 e. The van der Waals surface area contributed by atoms with E-state index in [1.54, 1.807) is 0 Å². The van der Waals surface area contributed by atoms with E-state index in [1.807, 2.05) is 12.2 Å². The van der Waals surface area contributed by atoms with Crippen LogP contribution < -0.4 is 15.8 Å². The first-order chi connectivity index (χ1) is 13.8. The van der Waals surface area contributed by atoms with Gasteiger partial charge < -0.3 is 15.0 Å². The van der Waals surface area contributed by atoms with Crippen LogP contribution in [0, 0.1) is 0 Å². The maximum Gasteiger partial charge on any atom is 0.412 e. The minimum atomic E-state index is -0.371. The molecule has 2 aliphatic carbocycles. The van der Waals surface area contributed by atoms with Crippen LogP contribution in [-0.4, -0.2) is 37.2 Å². The Morgan fingerprint density at radius 2 is 1.89 bits per heavy atom. The molecule has 0 saturated carbocycles. The highest BCUT2D eigenvalue weighted by Gasteiger charge is 2.14. The van der Waals surface area contributed by atoms with E-state index in [4.69, 9.17) is 4.74 Å². The molecule has 0 radical (unpaired) electrons. The molecule has 2 aromatic rings. The molecule has 3 aliphatic rings. The quantitative estimate of drug-likeness (QED) is 0.897. The van der Waals surface area contributed by atoms with Gasteiger partial charge in [-0.3, -0.25) is 0 Å². The molecule has 1 fully saturated rings. The molecule has 1 heterocycles. The van der Waals surface area contributed by atoms with Crippen LogP contribution in [0.15, 0.2) is 42.2 Å². The number of nitrogens with zero attached hydrogens (tertiary/aromatic N) is 1. The molecular weight excluding hydrogens is 348 g/mol. The average molecular weight is 372 g/mol. The predicted octanol–water partition coefficient (Wildman–Crippen LogP) is 2.69. The monoisotopic (exact) mass is 372 g/mol. The number of carbonyl (C=O) groups is 1. The molecule has 4 nitrogen and oxygen atoms in total. The largest absolute Gasteiger partial charge is 0.412 e. The number of hydrogen-bond donors (Lipinski definition) is 1. The number of carbonyl (C=O) groups excluding carboxylic acids is 1. The van der Waals surface area contributed by atoms with E-state index in [1.165, 1.54) is 40.0 Å². The number of alkyl carbamates (subject to hydrolysis) is 1. The van der Waals surface area contributed by atoms with Crippen LogP contribution in [0.1, 0.15) is 24.0 Å². The highest BCUT2D eigenvalue weighted by atomic mass is 16.6. The molecule has 1 N–H and O–H groups in total. The number of rotatable bonds is 4. The van der Waals surface area contributed by atoms with Gasteiger partial charge in [-0.1, -0.05) is 42.5 Å². The molecular formula is C24H24N2O2. The van der Waals surface area contributed by atoms with Gasteiger partial charge in [0.15, 0.2) is 0 Å². The standard InChI is InChI=1S/C24H24N2O2/c27-24(25-12-15-26-13-1-2-14-26)28-19-8-11-21-18(16-19)7-10-22-20-5-3-4-17(20)6-9-23(21)22/h3-10,16H,1-2,11-15H2,(H,25,27). The van der Waals surface area contributed by atoms with Crippen molar-refractivity contribution in [3.8, 4) is 0 Å². The number of allylic oxidation sites excluding steroid dienone is 3. The van der Waals surface area contributed by atoms with Crippen LogP contribution in [0.5, 0.6) is 0 Å². The summed E-state index contributed by atoms with van der Waals surface area (Å²) in [6.45, 7) is 3.79. The Balaban J connectivity index is 1.30. The van der Waals surface area contributed by atoms with Gasteiger partial charge >= 0.3 is 6.09 Å². The zero-order valence-electron chi connectivity index (χ0n) is 15.9. The third kappa shape index (κ3) is 3.25. The van der Waals surface area contributed by atoms with Gasteiger partial charge in [-0.05, 0) is 76.8 Å². The molecule has 1 saturated heterocycles. The van der Waals surface area contributed by atoms with Gasteiger partial charge in [0.1, 0.15) is 5.76 Å². The summed E-state index contributed by atoms with van der Waals surface area (Å²) in [6, 6.07) is 8.69. The first-order valence-corrected chi connectivity index (χ1v) is 10.1. The molecule has 142 valence electrons. The van der Waals surface area contributed by atoms with E-state index in [2.05, 4.69) is 52.7 Å². The normalized spacial score (nSPS) is 17.5. The second-order valence-electron chi connectivity index (χ2n) is 7.64. The predicted molar refractivity (Wildman–Crippen MR) is 113 cm³/mol. The maximum atomic E-state index is 12.1. The first kappa shape index (κ1) is 17.3. The summed E-state index contributed by atoms with van der Waals surface area (Å²) in [7, 11) is 0. The number of hydrogen-bond acceptors (Lipinski definition) is 3. The minimum absolute atomic E-state index is 0.371. The number of nitrogens with one attached hydrogen (secondary N) is 1. The number of benzene rings is 2. The van der Waals surface area contributed by atoms with E-state index >= 15 is 0 Å². The Hall–Kier alpha value is -2.85. The van der Waals surface area contributed by atoms with Crippen LogP contribution in [-0.2, 0) is 11.2 Å². The maximum absolute atomic E-state index is 12.1. The fraction of sp³-hybridized carbons (Fsp3) is 0.292. The molecule has 2 aromatic carbocycles. The fourth-order valence-corrected chi connectivity index (χ4v) is 4.42. The molecule has 1 aliphatic heterocycles. The Kier molecular flexibility index (Phi) is 4.49. The number of ether oxygens (including phenoxy) is 1. The molecule has 4 heteroatoms. The molecule has 0 spiro atoms. The second-order valence-corrected chi connectivity index (χ2v) is 7.64.